The van der Waals surface area contributed by atoms with Crippen LogP contribution in [0, 0.1) is 5.82 Å². The molecule has 0 spiro atoms. The Morgan fingerprint density at radius 2 is 1.94 bits per heavy atom. The highest BCUT2D eigenvalue weighted by molar-refractivity contribution is 7.08. The minimum absolute atomic E-state index is 0.261. The van der Waals surface area contributed by atoms with E-state index in [0.717, 1.165) is 27.9 Å². The molecule has 2 N–H and O–H groups in total. The molecule has 7 nitrogen and oxygen atoms in total. The molecule has 6 aromatic rings. The molecule has 5 heterocycles. The zero-order chi connectivity index (χ0) is 22.5. The van der Waals surface area contributed by atoms with Crippen molar-refractivity contribution >= 4 is 39.1 Å². The molecule has 0 aliphatic rings. The van der Waals surface area contributed by atoms with Crippen molar-refractivity contribution in [1.82, 2.24) is 30.1 Å². The van der Waals surface area contributed by atoms with Crippen LogP contribution >= 0.6 is 11.3 Å². The molecule has 0 fully saturated rings. The summed E-state index contributed by atoms with van der Waals surface area (Å²) in [6, 6.07) is 9.39. The third-order valence-electron chi connectivity index (χ3n) is 5.65. The fraction of sp³-hybridized carbons (Fsp3) is 0.0833. The Morgan fingerprint density at radius 1 is 1.03 bits per heavy atom. The molecule has 33 heavy (non-hydrogen) atoms. The number of hydrogen-bond donors (Lipinski definition) is 2. The number of aromatic amines is 2. The van der Waals surface area contributed by atoms with Gasteiger partial charge in [-0.3, -0.25) is 10.1 Å². The molecule has 0 radical (unpaired) electrons. The number of halogens is 1. The van der Waals surface area contributed by atoms with Gasteiger partial charge in [0.1, 0.15) is 11.2 Å². The molecule has 0 saturated heterocycles. The van der Waals surface area contributed by atoms with E-state index < -0.39 is 5.82 Å². The number of pyridine rings is 2. The summed E-state index contributed by atoms with van der Waals surface area (Å²) in [4.78, 5) is 18.7. The quantitative estimate of drug-likeness (QED) is 0.367. The van der Waals surface area contributed by atoms with Crippen LogP contribution in [0.5, 0.6) is 0 Å². The number of imidazole rings is 1. The standard InChI is InChI=1S/C24H18FN7S/c1-32(2)16-7-15(10-26-11-16)14-8-18-20(19(25)9-14)30-31-22(18)24-28-21-17(13-4-6-33-12-13)3-5-27-23(21)29-24/h3-12H,1-2H3,(H,30,31)(H,27,28,29). The minimum atomic E-state index is -0.409. The predicted octanol–water partition coefficient (Wildman–Crippen LogP) is 5.50. The smallest absolute Gasteiger partial charge is 0.178 e. The van der Waals surface area contributed by atoms with E-state index in [9.17, 15) is 0 Å². The zero-order valence-electron chi connectivity index (χ0n) is 17.8. The zero-order valence-corrected chi connectivity index (χ0v) is 18.6. The van der Waals surface area contributed by atoms with E-state index in [1.807, 2.05) is 42.6 Å². The molecular formula is C24H18FN7S. The Kier molecular flexibility index (Phi) is 4.44. The first-order chi connectivity index (χ1) is 16.1. The number of rotatable bonds is 4. The second-order valence-electron chi connectivity index (χ2n) is 7.93. The summed E-state index contributed by atoms with van der Waals surface area (Å²) in [5.41, 5.74) is 6.87. The number of thiophene rings is 1. The average Bonchev–Trinajstić information content (AvgIpc) is 3.57. The Balaban J connectivity index is 1.52. The summed E-state index contributed by atoms with van der Waals surface area (Å²) in [6.07, 6.45) is 5.24. The maximum Gasteiger partial charge on any atom is 0.178 e. The van der Waals surface area contributed by atoms with Gasteiger partial charge in [-0.1, -0.05) is 0 Å². The average molecular weight is 456 g/mol. The Labute approximate surface area is 192 Å². The highest BCUT2D eigenvalue weighted by Gasteiger charge is 2.18. The fourth-order valence-electron chi connectivity index (χ4n) is 3.94. The van der Waals surface area contributed by atoms with Crippen molar-refractivity contribution in [3.05, 3.63) is 65.5 Å². The summed E-state index contributed by atoms with van der Waals surface area (Å²) in [5.74, 6) is 0.146. The van der Waals surface area contributed by atoms with Crippen LogP contribution in [0.4, 0.5) is 10.1 Å². The molecule has 6 rings (SSSR count). The van der Waals surface area contributed by atoms with Crippen LogP contribution in [0.15, 0.2) is 59.7 Å². The van der Waals surface area contributed by atoms with Crippen LogP contribution in [0.1, 0.15) is 0 Å². The molecule has 0 unspecified atom stereocenters. The molecule has 0 amide bonds. The van der Waals surface area contributed by atoms with E-state index in [2.05, 4.69) is 41.6 Å². The minimum Gasteiger partial charge on any atom is -0.376 e. The largest absolute Gasteiger partial charge is 0.376 e. The maximum atomic E-state index is 15.0. The van der Waals surface area contributed by atoms with Gasteiger partial charge in [-0.25, -0.2) is 14.4 Å². The summed E-state index contributed by atoms with van der Waals surface area (Å²) < 4.78 is 15.0. The van der Waals surface area contributed by atoms with Gasteiger partial charge in [-0.05, 0) is 52.2 Å². The summed E-state index contributed by atoms with van der Waals surface area (Å²) in [6.45, 7) is 0. The molecule has 0 aliphatic carbocycles. The highest BCUT2D eigenvalue weighted by atomic mass is 32.1. The molecule has 162 valence electrons. The second kappa shape index (κ2) is 7.49. The lowest BCUT2D eigenvalue weighted by atomic mass is 10.0. The van der Waals surface area contributed by atoms with E-state index in [-0.39, 0.29) is 5.52 Å². The number of hydrogen-bond acceptors (Lipinski definition) is 6. The van der Waals surface area contributed by atoms with Crippen LogP contribution in [0.3, 0.4) is 0 Å². The molecule has 9 heteroatoms. The Bertz CT molecular complexity index is 1620. The van der Waals surface area contributed by atoms with Crippen molar-refractivity contribution < 1.29 is 4.39 Å². The van der Waals surface area contributed by atoms with Crippen molar-refractivity contribution in [2.24, 2.45) is 0 Å². The fourth-order valence-corrected chi connectivity index (χ4v) is 4.60. The third kappa shape index (κ3) is 3.25. The van der Waals surface area contributed by atoms with Crippen LogP contribution in [0.25, 0.3) is 55.8 Å². The molecule has 1 aromatic carbocycles. The van der Waals surface area contributed by atoms with Gasteiger partial charge in [0.2, 0.25) is 0 Å². The maximum absolute atomic E-state index is 15.0. The SMILES string of the molecule is CN(C)c1cncc(-c2cc(F)c3n[nH]c(-c4nc5nccc(-c6ccsc6)c5[nH]4)c3c2)c1. The van der Waals surface area contributed by atoms with Crippen LogP contribution < -0.4 is 4.90 Å². The number of benzene rings is 1. The number of nitrogens with zero attached hydrogens (tertiary/aromatic N) is 5. The van der Waals surface area contributed by atoms with E-state index in [1.165, 1.54) is 6.07 Å². The number of H-pyrrole nitrogens is 2. The molecule has 0 atom stereocenters. The topological polar surface area (TPSA) is 86.4 Å². The molecule has 0 bridgehead atoms. The van der Waals surface area contributed by atoms with Gasteiger partial charge >= 0.3 is 0 Å². The number of aromatic nitrogens is 6. The molecule has 5 aromatic heterocycles. The van der Waals surface area contributed by atoms with Gasteiger partial charge in [-0.2, -0.15) is 16.4 Å². The second-order valence-corrected chi connectivity index (χ2v) is 8.71. The molecular weight excluding hydrogens is 437 g/mol. The first-order valence-corrected chi connectivity index (χ1v) is 11.2. The number of anilines is 1. The van der Waals surface area contributed by atoms with Crippen molar-refractivity contribution in [2.45, 2.75) is 0 Å². The summed E-state index contributed by atoms with van der Waals surface area (Å²) in [5, 5.41) is 11.9. The van der Waals surface area contributed by atoms with Gasteiger partial charge in [0.05, 0.1) is 17.4 Å². The van der Waals surface area contributed by atoms with Crippen molar-refractivity contribution in [1.29, 1.82) is 0 Å². The normalized spacial score (nSPS) is 11.5. The van der Waals surface area contributed by atoms with Crippen LogP contribution in [-0.4, -0.2) is 44.2 Å². The van der Waals surface area contributed by atoms with Crippen LogP contribution in [0.2, 0.25) is 0 Å². The monoisotopic (exact) mass is 455 g/mol. The lowest BCUT2D eigenvalue weighted by molar-refractivity contribution is 0.636. The highest BCUT2D eigenvalue weighted by Crippen LogP contribution is 2.34. The lowest BCUT2D eigenvalue weighted by Crippen LogP contribution is -2.08. The molecule has 0 aliphatic heterocycles. The first kappa shape index (κ1) is 19.6. The van der Waals surface area contributed by atoms with Gasteiger partial charge in [0.15, 0.2) is 17.3 Å². The predicted molar refractivity (Wildman–Crippen MR) is 130 cm³/mol. The lowest BCUT2D eigenvalue weighted by Gasteiger charge is -2.13. The van der Waals surface area contributed by atoms with Crippen molar-refractivity contribution in [3.8, 4) is 33.8 Å². The van der Waals surface area contributed by atoms with Gasteiger partial charge in [0, 0.05) is 43.0 Å². The van der Waals surface area contributed by atoms with E-state index in [1.54, 1.807) is 29.9 Å². The number of nitrogens with one attached hydrogen (secondary N) is 2. The summed E-state index contributed by atoms with van der Waals surface area (Å²) in [7, 11) is 3.89. The number of fused-ring (bicyclic) bond motifs is 2. The van der Waals surface area contributed by atoms with Gasteiger partial charge in [0.25, 0.3) is 0 Å². The Morgan fingerprint density at radius 3 is 2.76 bits per heavy atom. The Hall–Kier alpha value is -4.11. The van der Waals surface area contributed by atoms with E-state index in [4.69, 9.17) is 0 Å². The van der Waals surface area contributed by atoms with Gasteiger partial charge in [-0.15, -0.1) is 0 Å². The van der Waals surface area contributed by atoms with E-state index in [0.29, 0.717) is 28.1 Å². The third-order valence-corrected chi connectivity index (χ3v) is 6.33. The van der Waals surface area contributed by atoms with Gasteiger partial charge < -0.3 is 9.88 Å². The van der Waals surface area contributed by atoms with Crippen molar-refractivity contribution in [2.75, 3.05) is 19.0 Å². The summed E-state index contributed by atoms with van der Waals surface area (Å²) >= 11 is 1.63. The van der Waals surface area contributed by atoms with E-state index >= 15 is 4.39 Å². The molecule has 0 saturated carbocycles. The van der Waals surface area contributed by atoms with Crippen LogP contribution in [-0.2, 0) is 0 Å². The first-order valence-electron chi connectivity index (χ1n) is 10.3. The van der Waals surface area contributed by atoms with Crippen molar-refractivity contribution in [3.63, 3.8) is 0 Å².